The molecular weight excluding hydrogens is 176 g/mol. The summed E-state index contributed by atoms with van der Waals surface area (Å²) in [5, 5.41) is 0. The molecule has 0 N–H and O–H groups in total. The van der Waals surface area contributed by atoms with Crippen LogP contribution in [0.4, 0.5) is 0 Å². The van der Waals surface area contributed by atoms with E-state index in [1.807, 2.05) is 26.0 Å². The second kappa shape index (κ2) is 4.61. The summed E-state index contributed by atoms with van der Waals surface area (Å²) < 4.78 is 5.18. The van der Waals surface area contributed by atoms with E-state index in [2.05, 4.69) is 6.58 Å². The van der Waals surface area contributed by atoms with Crippen LogP contribution in [-0.2, 0) is 0 Å². The highest BCUT2D eigenvalue weighted by atomic mass is 16.5. The molecule has 0 saturated heterocycles. The van der Waals surface area contributed by atoms with Gasteiger partial charge in [-0.3, -0.25) is 4.79 Å². The lowest BCUT2D eigenvalue weighted by molar-refractivity contribution is 0.0986. The van der Waals surface area contributed by atoms with Crippen LogP contribution >= 0.6 is 0 Å². The molecule has 0 amide bonds. The molecule has 0 fully saturated rings. The minimum absolute atomic E-state index is 0.0850. The van der Waals surface area contributed by atoms with E-state index in [0.29, 0.717) is 17.7 Å². The van der Waals surface area contributed by atoms with Crippen molar-refractivity contribution in [3.05, 3.63) is 42.2 Å². The SMILES string of the molecule is C=COc1cc(C)ccc1C(=O)CC. The molecule has 0 heterocycles. The molecule has 0 aliphatic carbocycles. The van der Waals surface area contributed by atoms with Gasteiger partial charge in [0.05, 0.1) is 11.8 Å². The van der Waals surface area contributed by atoms with Crippen LogP contribution in [0.25, 0.3) is 0 Å². The molecule has 2 nitrogen and oxygen atoms in total. The lowest BCUT2D eigenvalue weighted by Crippen LogP contribution is -2.00. The molecule has 2 heteroatoms. The first-order valence-electron chi connectivity index (χ1n) is 4.60. The van der Waals surface area contributed by atoms with E-state index in [4.69, 9.17) is 4.74 Å². The van der Waals surface area contributed by atoms with E-state index in [-0.39, 0.29) is 5.78 Å². The molecule has 0 saturated carbocycles. The minimum atomic E-state index is 0.0850. The summed E-state index contributed by atoms with van der Waals surface area (Å²) in [5.41, 5.74) is 1.69. The Morgan fingerprint density at radius 2 is 2.29 bits per heavy atom. The Morgan fingerprint density at radius 3 is 2.86 bits per heavy atom. The third-order valence-electron chi connectivity index (χ3n) is 1.97. The number of rotatable bonds is 4. The summed E-state index contributed by atoms with van der Waals surface area (Å²) in [4.78, 5) is 11.5. The predicted molar refractivity (Wildman–Crippen MR) is 56.6 cm³/mol. The van der Waals surface area contributed by atoms with Crippen molar-refractivity contribution in [1.82, 2.24) is 0 Å². The van der Waals surface area contributed by atoms with Gasteiger partial charge in [-0.05, 0) is 24.6 Å². The molecule has 1 aromatic rings. The maximum absolute atomic E-state index is 11.5. The zero-order valence-corrected chi connectivity index (χ0v) is 8.54. The van der Waals surface area contributed by atoms with Gasteiger partial charge in [-0.25, -0.2) is 0 Å². The summed E-state index contributed by atoms with van der Waals surface area (Å²) in [6, 6.07) is 5.53. The molecule has 0 aliphatic rings. The summed E-state index contributed by atoms with van der Waals surface area (Å²) in [6.07, 6.45) is 1.82. The largest absolute Gasteiger partial charge is 0.465 e. The molecule has 1 rings (SSSR count). The Morgan fingerprint density at radius 1 is 1.57 bits per heavy atom. The third-order valence-corrected chi connectivity index (χ3v) is 1.97. The monoisotopic (exact) mass is 190 g/mol. The van der Waals surface area contributed by atoms with Gasteiger partial charge in [-0.2, -0.15) is 0 Å². The molecule has 0 aliphatic heterocycles. The van der Waals surface area contributed by atoms with Crippen molar-refractivity contribution in [1.29, 1.82) is 0 Å². The van der Waals surface area contributed by atoms with Crippen molar-refractivity contribution in [3.8, 4) is 5.75 Å². The number of ether oxygens (including phenoxy) is 1. The van der Waals surface area contributed by atoms with Crippen LogP contribution < -0.4 is 4.74 Å². The number of carbonyl (C=O) groups excluding carboxylic acids is 1. The van der Waals surface area contributed by atoms with E-state index in [1.54, 1.807) is 6.07 Å². The zero-order chi connectivity index (χ0) is 10.6. The number of ketones is 1. The Balaban J connectivity index is 3.13. The molecular formula is C12H14O2. The fourth-order valence-corrected chi connectivity index (χ4v) is 1.24. The van der Waals surface area contributed by atoms with Crippen LogP contribution in [0.2, 0.25) is 0 Å². The molecule has 0 bridgehead atoms. The summed E-state index contributed by atoms with van der Waals surface area (Å²) in [7, 11) is 0. The highest BCUT2D eigenvalue weighted by Gasteiger charge is 2.09. The first kappa shape index (κ1) is 10.5. The first-order valence-corrected chi connectivity index (χ1v) is 4.60. The highest BCUT2D eigenvalue weighted by Crippen LogP contribution is 2.21. The summed E-state index contributed by atoms with van der Waals surface area (Å²) >= 11 is 0. The fourth-order valence-electron chi connectivity index (χ4n) is 1.24. The van der Waals surface area contributed by atoms with Gasteiger partial charge in [0.2, 0.25) is 0 Å². The summed E-state index contributed by atoms with van der Waals surface area (Å²) in [5.74, 6) is 0.675. The van der Waals surface area contributed by atoms with Gasteiger partial charge >= 0.3 is 0 Å². The number of hydrogen-bond acceptors (Lipinski definition) is 2. The van der Waals surface area contributed by atoms with Crippen LogP contribution in [-0.4, -0.2) is 5.78 Å². The smallest absolute Gasteiger partial charge is 0.166 e. The third kappa shape index (κ3) is 2.22. The second-order valence-electron chi connectivity index (χ2n) is 3.06. The van der Waals surface area contributed by atoms with E-state index < -0.39 is 0 Å². The topological polar surface area (TPSA) is 26.3 Å². The van der Waals surface area contributed by atoms with Crippen LogP contribution in [0.3, 0.4) is 0 Å². The maximum Gasteiger partial charge on any atom is 0.166 e. The molecule has 0 aromatic heterocycles. The lowest BCUT2D eigenvalue weighted by atomic mass is 10.1. The van der Waals surface area contributed by atoms with Gasteiger partial charge in [0.1, 0.15) is 5.75 Å². The standard InChI is InChI=1S/C12H14O2/c1-4-11(13)10-7-6-9(3)8-12(10)14-5-2/h5-8H,2,4H2,1,3H3. The average Bonchev–Trinajstić information content (AvgIpc) is 2.17. The highest BCUT2D eigenvalue weighted by molar-refractivity contribution is 5.98. The van der Waals surface area contributed by atoms with E-state index in [9.17, 15) is 4.79 Å². The van der Waals surface area contributed by atoms with Crippen molar-refractivity contribution in [2.75, 3.05) is 0 Å². The number of benzene rings is 1. The molecule has 1 aromatic carbocycles. The zero-order valence-electron chi connectivity index (χ0n) is 8.54. The van der Waals surface area contributed by atoms with E-state index in [0.717, 1.165) is 5.56 Å². The van der Waals surface area contributed by atoms with Crippen LogP contribution in [0.5, 0.6) is 5.75 Å². The predicted octanol–water partition coefficient (Wildman–Crippen LogP) is 3.11. The Bertz CT molecular complexity index is 353. The van der Waals surface area contributed by atoms with Crippen molar-refractivity contribution in [2.45, 2.75) is 20.3 Å². The van der Waals surface area contributed by atoms with Gasteiger partial charge in [0, 0.05) is 6.42 Å². The minimum Gasteiger partial charge on any atom is -0.465 e. The van der Waals surface area contributed by atoms with Gasteiger partial charge in [0.15, 0.2) is 5.78 Å². The Kier molecular flexibility index (Phi) is 3.46. The quantitative estimate of drug-likeness (QED) is 0.538. The lowest BCUT2D eigenvalue weighted by Gasteiger charge is -2.07. The van der Waals surface area contributed by atoms with Crippen LogP contribution in [0.1, 0.15) is 29.3 Å². The normalized spacial score (nSPS) is 9.57. The van der Waals surface area contributed by atoms with Gasteiger partial charge in [0.25, 0.3) is 0 Å². The van der Waals surface area contributed by atoms with Crippen molar-refractivity contribution in [3.63, 3.8) is 0 Å². The molecule has 0 atom stereocenters. The molecule has 14 heavy (non-hydrogen) atoms. The number of hydrogen-bond donors (Lipinski definition) is 0. The summed E-state index contributed by atoms with van der Waals surface area (Å²) in [6.45, 7) is 7.27. The molecule has 0 spiro atoms. The molecule has 0 radical (unpaired) electrons. The Hall–Kier alpha value is -1.57. The maximum atomic E-state index is 11.5. The van der Waals surface area contributed by atoms with Gasteiger partial charge in [-0.1, -0.05) is 19.6 Å². The van der Waals surface area contributed by atoms with Crippen molar-refractivity contribution >= 4 is 5.78 Å². The molecule has 74 valence electrons. The molecule has 0 unspecified atom stereocenters. The van der Waals surface area contributed by atoms with Crippen LogP contribution in [0.15, 0.2) is 31.0 Å². The van der Waals surface area contributed by atoms with Crippen molar-refractivity contribution < 1.29 is 9.53 Å². The fraction of sp³-hybridized carbons (Fsp3) is 0.250. The average molecular weight is 190 g/mol. The van der Waals surface area contributed by atoms with Gasteiger partial charge in [-0.15, -0.1) is 0 Å². The second-order valence-corrected chi connectivity index (χ2v) is 3.06. The first-order chi connectivity index (χ1) is 6.69. The number of carbonyl (C=O) groups is 1. The van der Waals surface area contributed by atoms with E-state index in [1.165, 1.54) is 6.26 Å². The number of Topliss-reactive ketones (excluding diaryl/α,β-unsaturated/α-hetero) is 1. The van der Waals surface area contributed by atoms with Gasteiger partial charge < -0.3 is 4.74 Å². The Labute approximate surface area is 84.2 Å². The van der Waals surface area contributed by atoms with Crippen molar-refractivity contribution in [2.24, 2.45) is 0 Å². The number of aryl methyl sites for hydroxylation is 1. The van der Waals surface area contributed by atoms with E-state index >= 15 is 0 Å². The van der Waals surface area contributed by atoms with Crippen LogP contribution in [0, 0.1) is 6.92 Å².